The highest BCUT2D eigenvalue weighted by Gasteiger charge is 2.12. The molecule has 0 bridgehead atoms. The van der Waals surface area contributed by atoms with E-state index >= 15 is 0 Å². The van der Waals surface area contributed by atoms with Crippen LogP contribution in [0, 0.1) is 11.3 Å². The number of nitriles is 1. The predicted molar refractivity (Wildman–Crippen MR) is 77.5 cm³/mol. The van der Waals surface area contributed by atoms with Crippen LogP contribution in [0.25, 0.3) is 0 Å². The molecule has 0 radical (unpaired) electrons. The lowest BCUT2D eigenvalue weighted by molar-refractivity contribution is 0.874. The summed E-state index contributed by atoms with van der Waals surface area (Å²) in [5.74, 6) is 0.627. The summed E-state index contributed by atoms with van der Waals surface area (Å²) in [6.45, 7) is 1.96. The summed E-state index contributed by atoms with van der Waals surface area (Å²) in [7, 11) is 0. The quantitative estimate of drug-likeness (QED) is 0.910. The van der Waals surface area contributed by atoms with Crippen LogP contribution in [0.15, 0.2) is 36.4 Å². The summed E-state index contributed by atoms with van der Waals surface area (Å²) in [5.41, 5.74) is 1.26. The molecule has 19 heavy (non-hydrogen) atoms. The van der Waals surface area contributed by atoms with Crippen molar-refractivity contribution in [3.05, 3.63) is 57.7 Å². The van der Waals surface area contributed by atoms with Gasteiger partial charge >= 0.3 is 0 Å². The van der Waals surface area contributed by atoms with Gasteiger partial charge in [-0.3, -0.25) is 0 Å². The molecule has 0 aliphatic rings. The fraction of sp³-hybridized carbons (Fsp3) is 0.143. The Morgan fingerprint density at radius 2 is 1.95 bits per heavy atom. The molecule has 0 amide bonds. The normalized spacial score (nSPS) is 11.7. The molecular formula is C14H11Cl2N3. The van der Waals surface area contributed by atoms with Crippen molar-refractivity contribution in [3.8, 4) is 6.07 Å². The van der Waals surface area contributed by atoms with Crippen LogP contribution in [0.4, 0.5) is 5.82 Å². The molecule has 2 rings (SSSR count). The molecule has 1 aromatic heterocycles. The van der Waals surface area contributed by atoms with Gasteiger partial charge in [0.2, 0.25) is 0 Å². The summed E-state index contributed by atoms with van der Waals surface area (Å²) in [5, 5.41) is 13.1. The van der Waals surface area contributed by atoms with Crippen molar-refractivity contribution in [1.29, 1.82) is 5.26 Å². The average Bonchev–Trinajstić information content (AvgIpc) is 2.42. The number of pyridine rings is 1. The number of nitrogens with one attached hydrogen (secondary N) is 1. The van der Waals surface area contributed by atoms with E-state index in [9.17, 15) is 0 Å². The third-order valence-electron chi connectivity index (χ3n) is 2.68. The molecule has 0 aliphatic carbocycles. The van der Waals surface area contributed by atoms with E-state index in [-0.39, 0.29) is 6.04 Å². The second-order valence-electron chi connectivity index (χ2n) is 4.03. The molecule has 0 saturated heterocycles. The minimum absolute atomic E-state index is 0.0624. The van der Waals surface area contributed by atoms with Crippen LogP contribution in [0.2, 0.25) is 10.0 Å². The van der Waals surface area contributed by atoms with Crippen molar-refractivity contribution in [3.63, 3.8) is 0 Å². The van der Waals surface area contributed by atoms with E-state index < -0.39 is 0 Å². The van der Waals surface area contributed by atoms with Gasteiger partial charge in [0.05, 0.1) is 16.1 Å². The molecule has 1 N–H and O–H groups in total. The second-order valence-corrected chi connectivity index (χ2v) is 4.81. The van der Waals surface area contributed by atoms with Gasteiger partial charge in [-0.05, 0) is 30.7 Å². The number of rotatable bonds is 3. The molecule has 1 aromatic carbocycles. The first kappa shape index (κ1) is 13.7. The zero-order valence-corrected chi connectivity index (χ0v) is 11.7. The number of anilines is 1. The Labute approximate surface area is 121 Å². The SMILES string of the molecule is CC(Nc1cccc(C#N)n1)c1cccc(Cl)c1Cl. The Morgan fingerprint density at radius 3 is 2.68 bits per heavy atom. The van der Waals surface area contributed by atoms with Gasteiger partial charge in [0.15, 0.2) is 0 Å². The minimum atomic E-state index is -0.0624. The van der Waals surface area contributed by atoms with Crippen LogP contribution >= 0.6 is 23.2 Å². The smallest absolute Gasteiger partial charge is 0.142 e. The molecule has 1 atom stereocenters. The van der Waals surface area contributed by atoms with E-state index in [2.05, 4.69) is 10.3 Å². The largest absolute Gasteiger partial charge is 0.363 e. The standard InChI is InChI=1S/C14H11Cl2N3/c1-9(11-5-3-6-12(15)14(11)16)18-13-7-2-4-10(8-17)19-13/h2-7,9H,1H3,(H,18,19). The van der Waals surface area contributed by atoms with E-state index in [1.165, 1.54) is 0 Å². The summed E-state index contributed by atoms with van der Waals surface area (Å²) in [6, 6.07) is 12.7. The second kappa shape index (κ2) is 5.92. The monoisotopic (exact) mass is 291 g/mol. The summed E-state index contributed by atoms with van der Waals surface area (Å²) < 4.78 is 0. The fourth-order valence-corrected chi connectivity index (χ4v) is 2.20. The van der Waals surface area contributed by atoms with Crippen LogP contribution in [0.1, 0.15) is 24.2 Å². The molecule has 0 saturated carbocycles. The summed E-state index contributed by atoms with van der Waals surface area (Å²) in [4.78, 5) is 4.16. The zero-order chi connectivity index (χ0) is 13.8. The first-order chi connectivity index (χ1) is 9.11. The topological polar surface area (TPSA) is 48.7 Å². The van der Waals surface area contributed by atoms with E-state index in [0.717, 1.165) is 5.56 Å². The lowest BCUT2D eigenvalue weighted by atomic mass is 10.1. The lowest BCUT2D eigenvalue weighted by Crippen LogP contribution is -2.08. The van der Waals surface area contributed by atoms with Crippen LogP contribution in [0.5, 0.6) is 0 Å². The van der Waals surface area contributed by atoms with E-state index in [4.69, 9.17) is 28.5 Å². The van der Waals surface area contributed by atoms with E-state index in [0.29, 0.717) is 21.6 Å². The summed E-state index contributed by atoms with van der Waals surface area (Å²) in [6.07, 6.45) is 0. The van der Waals surface area contributed by atoms with Crippen LogP contribution < -0.4 is 5.32 Å². The lowest BCUT2D eigenvalue weighted by Gasteiger charge is -2.16. The maximum Gasteiger partial charge on any atom is 0.142 e. The Kier molecular flexibility index (Phi) is 4.26. The molecule has 1 heterocycles. The van der Waals surface area contributed by atoms with Gasteiger partial charge in [-0.1, -0.05) is 41.4 Å². The highest BCUT2D eigenvalue weighted by Crippen LogP contribution is 2.31. The van der Waals surface area contributed by atoms with E-state index in [1.54, 1.807) is 24.3 Å². The molecule has 0 spiro atoms. The fourth-order valence-electron chi connectivity index (χ4n) is 1.73. The Morgan fingerprint density at radius 1 is 1.21 bits per heavy atom. The molecule has 5 heteroatoms. The predicted octanol–water partition coefficient (Wildman–Crippen LogP) is 4.43. The minimum Gasteiger partial charge on any atom is -0.363 e. The highest BCUT2D eigenvalue weighted by atomic mass is 35.5. The van der Waals surface area contributed by atoms with Gasteiger partial charge in [0, 0.05) is 0 Å². The summed E-state index contributed by atoms with van der Waals surface area (Å²) >= 11 is 12.2. The number of benzene rings is 1. The molecule has 2 aromatic rings. The first-order valence-electron chi connectivity index (χ1n) is 5.69. The maximum absolute atomic E-state index is 8.81. The molecule has 1 unspecified atom stereocenters. The number of hydrogen-bond acceptors (Lipinski definition) is 3. The Hall–Kier alpha value is -1.76. The van der Waals surface area contributed by atoms with Gasteiger partial charge in [0.25, 0.3) is 0 Å². The highest BCUT2D eigenvalue weighted by molar-refractivity contribution is 6.42. The third kappa shape index (κ3) is 3.17. The van der Waals surface area contributed by atoms with Gasteiger partial charge < -0.3 is 5.32 Å². The number of halogens is 2. The number of aromatic nitrogens is 1. The Bertz CT molecular complexity index is 635. The number of nitrogens with zero attached hydrogens (tertiary/aromatic N) is 2. The van der Waals surface area contributed by atoms with Crippen LogP contribution in [-0.4, -0.2) is 4.98 Å². The van der Waals surface area contributed by atoms with Crippen molar-refractivity contribution in [1.82, 2.24) is 4.98 Å². The maximum atomic E-state index is 8.81. The molecule has 0 aliphatic heterocycles. The van der Waals surface area contributed by atoms with Gasteiger partial charge in [-0.15, -0.1) is 0 Å². The molecule has 96 valence electrons. The third-order valence-corrected chi connectivity index (χ3v) is 3.51. The van der Waals surface area contributed by atoms with Crippen molar-refractivity contribution in [2.45, 2.75) is 13.0 Å². The zero-order valence-electron chi connectivity index (χ0n) is 10.2. The van der Waals surface area contributed by atoms with Gasteiger partial charge in [-0.25, -0.2) is 4.98 Å². The molecular weight excluding hydrogens is 281 g/mol. The van der Waals surface area contributed by atoms with Crippen LogP contribution in [-0.2, 0) is 0 Å². The molecule has 3 nitrogen and oxygen atoms in total. The van der Waals surface area contributed by atoms with Crippen molar-refractivity contribution in [2.75, 3.05) is 5.32 Å². The average molecular weight is 292 g/mol. The van der Waals surface area contributed by atoms with Crippen LogP contribution in [0.3, 0.4) is 0 Å². The van der Waals surface area contributed by atoms with Crippen molar-refractivity contribution in [2.24, 2.45) is 0 Å². The van der Waals surface area contributed by atoms with Gasteiger partial charge in [0.1, 0.15) is 17.6 Å². The van der Waals surface area contributed by atoms with Crippen molar-refractivity contribution >= 4 is 29.0 Å². The Balaban J connectivity index is 2.23. The van der Waals surface area contributed by atoms with Gasteiger partial charge in [-0.2, -0.15) is 5.26 Å². The molecule has 0 fully saturated rings. The van der Waals surface area contributed by atoms with E-state index in [1.807, 2.05) is 25.1 Å². The van der Waals surface area contributed by atoms with Crippen molar-refractivity contribution < 1.29 is 0 Å². The number of hydrogen-bond donors (Lipinski definition) is 1. The first-order valence-corrected chi connectivity index (χ1v) is 6.45.